The summed E-state index contributed by atoms with van der Waals surface area (Å²) in [7, 11) is 0. The average Bonchev–Trinajstić information content (AvgIpc) is 3.02. The van der Waals surface area contributed by atoms with Gasteiger partial charge in [-0.2, -0.15) is 0 Å². The van der Waals surface area contributed by atoms with Gasteiger partial charge in [0.1, 0.15) is 5.82 Å². The highest BCUT2D eigenvalue weighted by atomic mass is 35.5. The lowest BCUT2D eigenvalue weighted by molar-refractivity contribution is -0.117. The van der Waals surface area contributed by atoms with Gasteiger partial charge in [-0.1, -0.05) is 24.1 Å². The first-order valence-corrected chi connectivity index (χ1v) is 8.97. The monoisotopic (exact) mass is 372 g/mol. The molecule has 1 saturated carbocycles. The zero-order valence-corrected chi connectivity index (χ0v) is 15.0. The van der Waals surface area contributed by atoms with Crippen LogP contribution < -0.4 is 16.4 Å². The number of pyridine rings is 1. The van der Waals surface area contributed by atoms with Gasteiger partial charge in [-0.05, 0) is 49.1 Å². The predicted molar refractivity (Wildman–Crippen MR) is 102 cm³/mol. The SMILES string of the molecule is N[C@@H]1CCC[C@H]1CC(=O)Nc1cccc(C(=O)Nc2ccc(Cl)cn2)c1. The molecule has 0 bridgehead atoms. The topological polar surface area (TPSA) is 97.1 Å². The van der Waals surface area contributed by atoms with Gasteiger partial charge in [-0.15, -0.1) is 0 Å². The minimum Gasteiger partial charge on any atom is -0.327 e. The highest BCUT2D eigenvalue weighted by molar-refractivity contribution is 6.30. The number of aromatic nitrogens is 1. The Hall–Kier alpha value is -2.44. The smallest absolute Gasteiger partial charge is 0.256 e. The molecule has 0 unspecified atom stereocenters. The first-order valence-electron chi connectivity index (χ1n) is 8.59. The van der Waals surface area contributed by atoms with Crippen LogP contribution in [0.1, 0.15) is 36.0 Å². The van der Waals surface area contributed by atoms with Crippen molar-refractivity contribution in [3.05, 3.63) is 53.2 Å². The number of nitrogens with zero attached hydrogens (tertiary/aromatic N) is 1. The van der Waals surface area contributed by atoms with E-state index in [-0.39, 0.29) is 23.8 Å². The molecule has 136 valence electrons. The van der Waals surface area contributed by atoms with Gasteiger partial charge < -0.3 is 16.4 Å². The number of benzene rings is 1. The van der Waals surface area contributed by atoms with E-state index in [1.807, 2.05) is 0 Å². The third-order valence-electron chi connectivity index (χ3n) is 4.54. The van der Waals surface area contributed by atoms with E-state index in [4.69, 9.17) is 17.3 Å². The van der Waals surface area contributed by atoms with Crippen molar-refractivity contribution in [2.24, 2.45) is 11.7 Å². The summed E-state index contributed by atoms with van der Waals surface area (Å²) >= 11 is 5.78. The molecular formula is C19H21ClN4O2. The Balaban J connectivity index is 1.61. The fourth-order valence-corrected chi connectivity index (χ4v) is 3.26. The van der Waals surface area contributed by atoms with Gasteiger partial charge >= 0.3 is 0 Å². The first-order chi connectivity index (χ1) is 12.5. The van der Waals surface area contributed by atoms with E-state index in [1.165, 1.54) is 6.20 Å². The molecule has 3 rings (SSSR count). The maximum absolute atomic E-state index is 12.3. The second-order valence-electron chi connectivity index (χ2n) is 6.50. The van der Waals surface area contributed by atoms with Crippen LogP contribution in [0.2, 0.25) is 5.02 Å². The minimum absolute atomic E-state index is 0.0794. The Bertz CT molecular complexity index is 794. The number of amides is 2. The summed E-state index contributed by atoms with van der Waals surface area (Å²) < 4.78 is 0. The third kappa shape index (κ3) is 4.80. The molecule has 0 aliphatic heterocycles. The summed E-state index contributed by atoms with van der Waals surface area (Å²) in [6, 6.07) is 10.2. The Morgan fingerprint density at radius 3 is 2.73 bits per heavy atom. The quantitative estimate of drug-likeness (QED) is 0.748. The number of rotatable bonds is 5. The summed E-state index contributed by atoms with van der Waals surface area (Å²) in [5.74, 6) is 0.250. The van der Waals surface area contributed by atoms with Gasteiger partial charge in [0.05, 0.1) is 5.02 Å². The van der Waals surface area contributed by atoms with Gasteiger partial charge in [-0.3, -0.25) is 9.59 Å². The molecule has 2 amide bonds. The second kappa shape index (κ2) is 8.29. The molecule has 0 spiro atoms. The van der Waals surface area contributed by atoms with Crippen LogP contribution in [0.15, 0.2) is 42.6 Å². The first kappa shape index (κ1) is 18.4. The molecule has 0 radical (unpaired) electrons. The maximum atomic E-state index is 12.3. The molecule has 1 aliphatic rings. The van der Waals surface area contributed by atoms with Gasteiger partial charge in [-0.25, -0.2) is 4.98 Å². The molecular weight excluding hydrogens is 352 g/mol. The van der Waals surface area contributed by atoms with E-state index in [9.17, 15) is 9.59 Å². The molecule has 1 fully saturated rings. The molecule has 1 heterocycles. The van der Waals surface area contributed by atoms with Gasteiger partial charge in [0.25, 0.3) is 5.91 Å². The van der Waals surface area contributed by atoms with Crippen molar-refractivity contribution in [2.75, 3.05) is 10.6 Å². The van der Waals surface area contributed by atoms with Crippen LogP contribution >= 0.6 is 11.6 Å². The normalized spacial score (nSPS) is 19.2. The molecule has 1 aromatic heterocycles. The number of nitrogens with one attached hydrogen (secondary N) is 2. The van der Waals surface area contributed by atoms with E-state index in [2.05, 4.69) is 15.6 Å². The van der Waals surface area contributed by atoms with E-state index < -0.39 is 0 Å². The van der Waals surface area contributed by atoms with E-state index in [0.717, 1.165) is 19.3 Å². The fourth-order valence-electron chi connectivity index (χ4n) is 3.15. The van der Waals surface area contributed by atoms with Gasteiger partial charge in [0.2, 0.25) is 5.91 Å². The highest BCUT2D eigenvalue weighted by Gasteiger charge is 2.26. The van der Waals surface area contributed by atoms with Crippen LogP contribution in [0.25, 0.3) is 0 Å². The summed E-state index contributed by atoms with van der Waals surface area (Å²) in [6.45, 7) is 0. The Kier molecular flexibility index (Phi) is 5.85. The van der Waals surface area contributed by atoms with E-state index in [0.29, 0.717) is 28.5 Å². The standard InChI is InChI=1S/C19H21ClN4O2/c20-14-7-8-17(22-11-14)24-19(26)13-4-1-5-15(9-13)23-18(25)10-12-3-2-6-16(12)21/h1,4-5,7-9,11-12,16H,2-3,6,10,21H2,(H,23,25)(H,22,24,26)/t12-,16+/m0/s1. The van der Waals surface area contributed by atoms with Crippen molar-refractivity contribution >= 4 is 34.9 Å². The zero-order valence-electron chi connectivity index (χ0n) is 14.2. The number of halogens is 1. The molecule has 1 aliphatic carbocycles. The van der Waals surface area contributed by atoms with E-state index in [1.54, 1.807) is 36.4 Å². The molecule has 26 heavy (non-hydrogen) atoms. The minimum atomic E-state index is -0.311. The van der Waals surface area contributed by atoms with Crippen molar-refractivity contribution < 1.29 is 9.59 Å². The lowest BCUT2D eigenvalue weighted by Crippen LogP contribution is -2.28. The Morgan fingerprint density at radius 2 is 2.04 bits per heavy atom. The summed E-state index contributed by atoms with van der Waals surface area (Å²) in [5, 5.41) is 6.04. The van der Waals surface area contributed by atoms with Crippen LogP contribution in [-0.4, -0.2) is 22.8 Å². The van der Waals surface area contributed by atoms with Crippen LogP contribution in [0, 0.1) is 5.92 Å². The van der Waals surface area contributed by atoms with Crippen molar-refractivity contribution in [2.45, 2.75) is 31.7 Å². The fraction of sp³-hybridized carbons (Fsp3) is 0.316. The van der Waals surface area contributed by atoms with Crippen molar-refractivity contribution in [3.63, 3.8) is 0 Å². The lowest BCUT2D eigenvalue weighted by Gasteiger charge is -2.15. The molecule has 6 nitrogen and oxygen atoms in total. The molecule has 1 aromatic carbocycles. The van der Waals surface area contributed by atoms with Crippen molar-refractivity contribution in [1.82, 2.24) is 4.98 Å². The van der Waals surface area contributed by atoms with Crippen LogP contribution in [0.3, 0.4) is 0 Å². The summed E-state index contributed by atoms with van der Waals surface area (Å²) in [6.07, 6.45) is 4.92. The van der Waals surface area contributed by atoms with Crippen molar-refractivity contribution in [1.29, 1.82) is 0 Å². The zero-order chi connectivity index (χ0) is 18.5. The Labute approximate surface area is 157 Å². The molecule has 0 saturated heterocycles. The number of carbonyl (C=O) groups is 2. The second-order valence-corrected chi connectivity index (χ2v) is 6.94. The lowest BCUT2D eigenvalue weighted by atomic mass is 10.00. The number of carbonyl (C=O) groups excluding carboxylic acids is 2. The van der Waals surface area contributed by atoms with Crippen LogP contribution in [-0.2, 0) is 4.79 Å². The van der Waals surface area contributed by atoms with Crippen LogP contribution in [0.4, 0.5) is 11.5 Å². The maximum Gasteiger partial charge on any atom is 0.256 e. The summed E-state index contributed by atoms with van der Waals surface area (Å²) in [5.41, 5.74) is 7.03. The molecule has 4 N–H and O–H groups in total. The molecule has 2 aromatic rings. The largest absolute Gasteiger partial charge is 0.327 e. The van der Waals surface area contributed by atoms with Crippen LogP contribution in [0.5, 0.6) is 0 Å². The number of hydrogen-bond donors (Lipinski definition) is 3. The third-order valence-corrected chi connectivity index (χ3v) is 4.77. The molecule has 2 atom stereocenters. The molecule has 7 heteroatoms. The predicted octanol–water partition coefficient (Wildman–Crippen LogP) is 3.44. The number of anilines is 2. The highest BCUT2D eigenvalue weighted by Crippen LogP contribution is 2.27. The number of hydrogen-bond acceptors (Lipinski definition) is 4. The average molecular weight is 373 g/mol. The van der Waals surface area contributed by atoms with Gasteiger partial charge in [0.15, 0.2) is 0 Å². The van der Waals surface area contributed by atoms with Gasteiger partial charge in [0, 0.05) is 29.9 Å². The Morgan fingerprint density at radius 1 is 1.19 bits per heavy atom. The number of nitrogens with two attached hydrogens (primary N) is 1. The van der Waals surface area contributed by atoms with E-state index >= 15 is 0 Å². The van der Waals surface area contributed by atoms with Crippen molar-refractivity contribution in [3.8, 4) is 0 Å². The summed E-state index contributed by atoms with van der Waals surface area (Å²) in [4.78, 5) is 28.6.